The number of aromatic nitrogens is 2. The van der Waals surface area contributed by atoms with Crippen LogP contribution in [0.25, 0.3) is 5.69 Å². The van der Waals surface area contributed by atoms with Gasteiger partial charge < -0.3 is 19.3 Å². The number of piperazine rings is 1. The highest BCUT2D eigenvalue weighted by Gasteiger charge is 2.24. The molecule has 0 unspecified atom stereocenters. The summed E-state index contributed by atoms with van der Waals surface area (Å²) in [6, 6.07) is 14.7. The molecular weight excluding hydrogens is 444 g/mol. The number of hydrogen-bond acceptors (Lipinski definition) is 6. The number of aryl methyl sites for hydroxylation is 1. The number of nitrogens with zero attached hydrogens (tertiary/aromatic N) is 4. The van der Waals surface area contributed by atoms with Crippen LogP contribution in [0.15, 0.2) is 59.5 Å². The molecule has 172 valence electrons. The third kappa shape index (κ3) is 4.96. The van der Waals surface area contributed by atoms with E-state index in [0.29, 0.717) is 49.1 Å². The van der Waals surface area contributed by atoms with Crippen LogP contribution in [-0.4, -0.2) is 60.5 Å². The second-order valence-electron chi connectivity index (χ2n) is 7.71. The van der Waals surface area contributed by atoms with E-state index in [0.717, 1.165) is 5.56 Å². The summed E-state index contributed by atoms with van der Waals surface area (Å²) >= 11 is 6.41. The van der Waals surface area contributed by atoms with E-state index < -0.39 is 0 Å². The zero-order valence-corrected chi connectivity index (χ0v) is 19.3. The first kappa shape index (κ1) is 22.7. The highest BCUT2D eigenvalue weighted by molar-refractivity contribution is 6.33. The monoisotopic (exact) mass is 468 g/mol. The molecule has 0 N–H and O–H groups in total. The van der Waals surface area contributed by atoms with Gasteiger partial charge in [-0.25, -0.2) is 0 Å². The molecule has 2 aromatic carbocycles. The van der Waals surface area contributed by atoms with E-state index >= 15 is 0 Å². The normalized spacial score (nSPS) is 13.7. The van der Waals surface area contributed by atoms with Crippen molar-refractivity contribution in [2.75, 3.05) is 44.8 Å². The average Bonchev–Trinajstić information content (AvgIpc) is 2.85. The molecule has 1 aromatic heterocycles. The molecule has 33 heavy (non-hydrogen) atoms. The number of para-hydroxylation sites is 1. The zero-order valence-electron chi connectivity index (χ0n) is 18.5. The molecule has 8 nitrogen and oxygen atoms in total. The minimum atomic E-state index is -0.376. The number of carbonyl (C=O) groups is 1. The minimum Gasteiger partial charge on any atom is -0.493 e. The van der Waals surface area contributed by atoms with Gasteiger partial charge in [0.05, 0.1) is 24.7 Å². The van der Waals surface area contributed by atoms with Gasteiger partial charge in [-0.2, -0.15) is 9.78 Å². The topological polar surface area (TPSA) is 76.9 Å². The van der Waals surface area contributed by atoms with E-state index in [4.69, 9.17) is 21.1 Å². The smallest absolute Gasteiger partial charge is 0.292 e. The largest absolute Gasteiger partial charge is 0.493 e. The van der Waals surface area contributed by atoms with Crippen LogP contribution in [0.1, 0.15) is 5.56 Å². The van der Waals surface area contributed by atoms with Gasteiger partial charge in [0.1, 0.15) is 5.02 Å². The molecule has 9 heteroatoms. The molecule has 0 saturated carbocycles. The predicted molar refractivity (Wildman–Crippen MR) is 127 cm³/mol. The van der Waals surface area contributed by atoms with Crippen molar-refractivity contribution in [1.82, 2.24) is 14.7 Å². The molecule has 0 aliphatic carbocycles. The number of hydrogen-bond donors (Lipinski definition) is 0. The predicted octanol–water partition coefficient (Wildman–Crippen LogP) is 2.93. The fraction of sp³-hybridized carbons (Fsp3) is 0.292. The van der Waals surface area contributed by atoms with Crippen molar-refractivity contribution < 1.29 is 14.3 Å². The molecule has 2 heterocycles. The summed E-state index contributed by atoms with van der Waals surface area (Å²) in [5.74, 6) is 1.02. The van der Waals surface area contributed by atoms with Crippen LogP contribution < -0.4 is 19.9 Å². The van der Waals surface area contributed by atoms with Crippen molar-refractivity contribution in [3.63, 3.8) is 0 Å². The van der Waals surface area contributed by atoms with Crippen molar-refractivity contribution in [2.45, 2.75) is 6.92 Å². The lowest BCUT2D eigenvalue weighted by Gasteiger charge is -2.36. The molecule has 3 aromatic rings. The quantitative estimate of drug-likeness (QED) is 0.553. The van der Waals surface area contributed by atoms with Crippen molar-refractivity contribution in [2.24, 2.45) is 0 Å². The van der Waals surface area contributed by atoms with Crippen molar-refractivity contribution in [3.8, 4) is 17.2 Å². The van der Waals surface area contributed by atoms with Gasteiger partial charge in [0, 0.05) is 26.2 Å². The Hall–Kier alpha value is -3.52. The van der Waals surface area contributed by atoms with Gasteiger partial charge in [0.15, 0.2) is 18.1 Å². The number of ether oxygens (including phenoxy) is 2. The van der Waals surface area contributed by atoms with Crippen LogP contribution in [0.5, 0.6) is 11.5 Å². The van der Waals surface area contributed by atoms with E-state index in [1.807, 2.05) is 42.2 Å². The van der Waals surface area contributed by atoms with Gasteiger partial charge in [-0.15, -0.1) is 0 Å². The van der Waals surface area contributed by atoms with Gasteiger partial charge in [-0.1, -0.05) is 35.9 Å². The Morgan fingerprint density at radius 3 is 2.48 bits per heavy atom. The standard InChI is InChI=1S/C24H25ClN4O4/c1-17-8-9-20(21(14-17)32-2)33-16-22(30)28-12-10-27(11-13-28)19-15-26-29(24(31)23(19)25)18-6-4-3-5-7-18/h3-9,14-15H,10-13,16H2,1-2H3. The van der Waals surface area contributed by atoms with Gasteiger partial charge >= 0.3 is 0 Å². The van der Waals surface area contributed by atoms with Gasteiger partial charge in [0.2, 0.25) is 0 Å². The third-order valence-corrected chi connectivity index (χ3v) is 5.90. The number of carbonyl (C=O) groups excluding carboxylic acids is 1. The van der Waals surface area contributed by atoms with Gasteiger partial charge in [0.25, 0.3) is 11.5 Å². The lowest BCUT2D eigenvalue weighted by molar-refractivity contribution is -0.133. The summed E-state index contributed by atoms with van der Waals surface area (Å²) in [7, 11) is 1.57. The van der Waals surface area contributed by atoms with Crippen LogP contribution in [0.2, 0.25) is 5.02 Å². The fourth-order valence-electron chi connectivity index (χ4n) is 3.72. The molecule has 4 rings (SSSR count). The maximum absolute atomic E-state index is 12.7. The van der Waals surface area contributed by atoms with Gasteiger partial charge in [-0.05, 0) is 36.8 Å². The molecule has 1 fully saturated rings. The summed E-state index contributed by atoms with van der Waals surface area (Å²) in [5.41, 5.74) is 1.89. The van der Waals surface area contributed by atoms with Gasteiger partial charge in [-0.3, -0.25) is 9.59 Å². The maximum Gasteiger partial charge on any atom is 0.292 e. The second kappa shape index (κ2) is 9.95. The number of halogens is 1. The van der Waals surface area contributed by atoms with E-state index in [9.17, 15) is 9.59 Å². The van der Waals surface area contributed by atoms with Crippen LogP contribution in [-0.2, 0) is 4.79 Å². The van der Waals surface area contributed by atoms with Crippen molar-refractivity contribution in [1.29, 1.82) is 0 Å². The number of methoxy groups -OCH3 is 1. The summed E-state index contributed by atoms with van der Waals surface area (Å²) in [5, 5.41) is 4.40. The molecule has 1 amide bonds. The summed E-state index contributed by atoms with van der Waals surface area (Å²) < 4.78 is 12.3. The summed E-state index contributed by atoms with van der Waals surface area (Å²) in [6.07, 6.45) is 1.60. The first-order chi connectivity index (χ1) is 16.0. The van der Waals surface area contributed by atoms with Crippen LogP contribution in [0, 0.1) is 6.92 Å². The molecule has 0 atom stereocenters. The number of anilines is 1. The van der Waals surface area contributed by atoms with E-state index in [1.54, 1.807) is 36.4 Å². The Kier molecular flexibility index (Phi) is 6.84. The van der Waals surface area contributed by atoms with Crippen LogP contribution in [0.4, 0.5) is 5.69 Å². The molecular formula is C24H25ClN4O4. The Balaban J connectivity index is 1.37. The Bertz CT molecular complexity index is 1190. The molecule has 0 spiro atoms. The fourth-order valence-corrected chi connectivity index (χ4v) is 3.97. The third-order valence-electron chi connectivity index (χ3n) is 5.54. The lowest BCUT2D eigenvalue weighted by Crippen LogP contribution is -2.50. The number of rotatable bonds is 6. The minimum absolute atomic E-state index is 0.0746. The average molecular weight is 469 g/mol. The molecule has 0 bridgehead atoms. The summed E-state index contributed by atoms with van der Waals surface area (Å²) in [6.45, 7) is 3.94. The number of amides is 1. The second-order valence-corrected chi connectivity index (χ2v) is 8.09. The molecule has 0 radical (unpaired) electrons. The highest BCUT2D eigenvalue weighted by Crippen LogP contribution is 2.28. The highest BCUT2D eigenvalue weighted by atomic mass is 35.5. The summed E-state index contributed by atoms with van der Waals surface area (Å²) in [4.78, 5) is 29.1. The molecule has 1 aliphatic rings. The Morgan fingerprint density at radius 1 is 1.06 bits per heavy atom. The Morgan fingerprint density at radius 2 is 1.79 bits per heavy atom. The first-order valence-electron chi connectivity index (χ1n) is 10.6. The molecule has 1 saturated heterocycles. The Labute approximate surface area is 196 Å². The van der Waals surface area contributed by atoms with Crippen LogP contribution >= 0.6 is 11.6 Å². The molecule has 1 aliphatic heterocycles. The van der Waals surface area contributed by atoms with E-state index in [1.165, 1.54) is 4.68 Å². The van der Waals surface area contributed by atoms with Crippen molar-refractivity contribution >= 4 is 23.2 Å². The first-order valence-corrected chi connectivity index (χ1v) is 11.0. The van der Waals surface area contributed by atoms with E-state index in [-0.39, 0.29) is 23.1 Å². The van der Waals surface area contributed by atoms with E-state index in [2.05, 4.69) is 5.10 Å². The zero-order chi connectivity index (χ0) is 23.4. The van der Waals surface area contributed by atoms with Crippen molar-refractivity contribution in [3.05, 3.63) is 75.7 Å². The SMILES string of the molecule is COc1cc(C)ccc1OCC(=O)N1CCN(c2cnn(-c3ccccc3)c(=O)c2Cl)CC1. The maximum atomic E-state index is 12.7. The lowest BCUT2D eigenvalue weighted by atomic mass is 10.2. The number of benzene rings is 2. The van der Waals surface area contributed by atoms with Crippen LogP contribution in [0.3, 0.4) is 0 Å².